The van der Waals surface area contributed by atoms with Gasteiger partial charge in [0.2, 0.25) is 0 Å². The quantitative estimate of drug-likeness (QED) is 0.469. The van der Waals surface area contributed by atoms with E-state index in [1.54, 1.807) is 30.3 Å². The van der Waals surface area contributed by atoms with Crippen molar-refractivity contribution in [3.63, 3.8) is 0 Å². The average Bonchev–Trinajstić information content (AvgIpc) is 3.13. The number of benzene rings is 1. The standard InChI is InChI=1S/C16H11BrF2N2O3/c17-13-7-5-10(24-13)6-8-15(22)23-9-14-20-11-3-1-2-4-12(11)21(14)16(18)19/h1-8,16H,9H2/b8-6+. The summed E-state index contributed by atoms with van der Waals surface area (Å²) in [5.74, 6) is -0.247. The van der Waals surface area contributed by atoms with Gasteiger partial charge in [0, 0.05) is 6.08 Å². The number of aromatic nitrogens is 2. The second kappa shape index (κ2) is 6.96. The molecule has 0 spiro atoms. The summed E-state index contributed by atoms with van der Waals surface area (Å²) in [5.41, 5.74) is 0.703. The van der Waals surface area contributed by atoms with Crippen LogP contribution in [0.3, 0.4) is 0 Å². The number of nitrogens with zero attached hydrogens (tertiary/aromatic N) is 2. The lowest BCUT2D eigenvalue weighted by Crippen LogP contribution is -2.08. The molecule has 0 atom stereocenters. The maximum atomic E-state index is 13.2. The third kappa shape index (κ3) is 3.53. The molecule has 0 aliphatic heterocycles. The molecule has 0 aliphatic rings. The van der Waals surface area contributed by atoms with Gasteiger partial charge in [-0.15, -0.1) is 0 Å². The van der Waals surface area contributed by atoms with Crippen molar-refractivity contribution >= 4 is 39.0 Å². The highest BCUT2D eigenvalue weighted by Gasteiger charge is 2.18. The summed E-state index contributed by atoms with van der Waals surface area (Å²) in [5, 5.41) is 0. The molecule has 0 saturated carbocycles. The van der Waals surface area contributed by atoms with Crippen molar-refractivity contribution in [1.82, 2.24) is 9.55 Å². The number of carbonyl (C=O) groups excluding carboxylic acids is 1. The summed E-state index contributed by atoms with van der Waals surface area (Å²) in [7, 11) is 0. The maximum absolute atomic E-state index is 13.2. The zero-order valence-corrected chi connectivity index (χ0v) is 13.7. The SMILES string of the molecule is O=C(/C=C/c1ccc(Br)o1)OCc1nc2ccccc2n1C(F)F. The molecular formula is C16H11BrF2N2O3. The second-order valence-corrected chi connectivity index (χ2v) is 5.53. The van der Waals surface area contributed by atoms with Crippen molar-refractivity contribution in [2.45, 2.75) is 13.2 Å². The molecule has 0 fully saturated rings. The van der Waals surface area contributed by atoms with Crippen LogP contribution in [0.15, 0.2) is 51.6 Å². The highest BCUT2D eigenvalue weighted by Crippen LogP contribution is 2.23. The molecule has 5 nitrogen and oxygen atoms in total. The van der Waals surface area contributed by atoms with Gasteiger partial charge < -0.3 is 9.15 Å². The molecule has 24 heavy (non-hydrogen) atoms. The second-order valence-electron chi connectivity index (χ2n) is 4.75. The van der Waals surface area contributed by atoms with Gasteiger partial charge in [-0.2, -0.15) is 8.78 Å². The van der Waals surface area contributed by atoms with Gasteiger partial charge >= 0.3 is 12.5 Å². The highest BCUT2D eigenvalue weighted by molar-refractivity contribution is 9.10. The lowest BCUT2D eigenvalue weighted by Gasteiger charge is -2.07. The molecule has 0 aliphatic carbocycles. The third-order valence-corrected chi connectivity index (χ3v) is 3.61. The summed E-state index contributed by atoms with van der Waals surface area (Å²) < 4.78 is 37.9. The first-order chi connectivity index (χ1) is 11.5. The van der Waals surface area contributed by atoms with Gasteiger partial charge in [0.15, 0.2) is 10.5 Å². The van der Waals surface area contributed by atoms with Crippen LogP contribution in [0, 0.1) is 0 Å². The van der Waals surface area contributed by atoms with E-state index in [1.807, 2.05) is 0 Å². The smallest absolute Gasteiger partial charge is 0.331 e. The van der Waals surface area contributed by atoms with Crippen molar-refractivity contribution in [1.29, 1.82) is 0 Å². The number of rotatable bonds is 5. The van der Waals surface area contributed by atoms with E-state index in [4.69, 9.17) is 9.15 Å². The molecule has 0 amide bonds. The van der Waals surface area contributed by atoms with Gasteiger partial charge in [0.1, 0.15) is 12.4 Å². The lowest BCUT2D eigenvalue weighted by atomic mass is 10.3. The van der Waals surface area contributed by atoms with E-state index >= 15 is 0 Å². The Labute approximate surface area is 143 Å². The van der Waals surface area contributed by atoms with Crippen LogP contribution in [0.2, 0.25) is 0 Å². The van der Waals surface area contributed by atoms with Crippen LogP contribution in [0.4, 0.5) is 8.78 Å². The minimum atomic E-state index is -2.78. The Morgan fingerprint density at radius 1 is 1.33 bits per heavy atom. The van der Waals surface area contributed by atoms with Crippen molar-refractivity contribution < 1.29 is 22.7 Å². The third-order valence-electron chi connectivity index (χ3n) is 3.19. The zero-order chi connectivity index (χ0) is 17.1. The predicted molar refractivity (Wildman–Crippen MR) is 86.2 cm³/mol. The van der Waals surface area contributed by atoms with Crippen LogP contribution in [0.25, 0.3) is 17.1 Å². The number of halogens is 3. The fraction of sp³-hybridized carbons (Fsp3) is 0.125. The van der Waals surface area contributed by atoms with Crippen molar-refractivity contribution in [3.05, 3.63) is 58.7 Å². The maximum Gasteiger partial charge on any atom is 0.331 e. The number of fused-ring (bicyclic) bond motifs is 1. The number of para-hydroxylation sites is 2. The Morgan fingerprint density at radius 2 is 2.12 bits per heavy atom. The van der Waals surface area contributed by atoms with E-state index in [0.717, 1.165) is 10.6 Å². The van der Waals surface area contributed by atoms with Gasteiger partial charge in [0.25, 0.3) is 0 Å². The Morgan fingerprint density at radius 3 is 2.83 bits per heavy atom. The summed E-state index contributed by atoms with van der Waals surface area (Å²) >= 11 is 3.14. The van der Waals surface area contributed by atoms with E-state index in [0.29, 0.717) is 15.9 Å². The molecular weight excluding hydrogens is 386 g/mol. The Bertz CT molecular complexity index is 902. The number of ether oxygens (including phenoxy) is 1. The van der Waals surface area contributed by atoms with Crippen molar-refractivity contribution in [2.24, 2.45) is 0 Å². The minimum Gasteiger partial charge on any atom is -0.454 e. The van der Waals surface area contributed by atoms with Gasteiger partial charge in [0.05, 0.1) is 11.0 Å². The van der Waals surface area contributed by atoms with E-state index in [-0.39, 0.29) is 17.9 Å². The number of imidazole rings is 1. The van der Waals surface area contributed by atoms with Gasteiger partial charge in [-0.1, -0.05) is 12.1 Å². The van der Waals surface area contributed by atoms with Crippen LogP contribution in [0.1, 0.15) is 18.1 Å². The van der Waals surface area contributed by atoms with E-state index < -0.39 is 12.5 Å². The van der Waals surface area contributed by atoms with E-state index in [9.17, 15) is 13.6 Å². The lowest BCUT2D eigenvalue weighted by molar-refractivity contribution is -0.139. The van der Waals surface area contributed by atoms with Gasteiger partial charge in [-0.25, -0.2) is 9.78 Å². The molecule has 0 N–H and O–H groups in total. The van der Waals surface area contributed by atoms with Crippen LogP contribution < -0.4 is 0 Å². The van der Waals surface area contributed by atoms with Gasteiger partial charge in [-0.05, 0) is 46.3 Å². The zero-order valence-electron chi connectivity index (χ0n) is 12.2. The largest absolute Gasteiger partial charge is 0.454 e. The topological polar surface area (TPSA) is 57.3 Å². The monoisotopic (exact) mass is 396 g/mol. The number of alkyl halides is 2. The minimum absolute atomic E-state index is 0.0197. The number of furan rings is 1. The molecule has 0 saturated heterocycles. The summed E-state index contributed by atoms with van der Waals surface area (Å²) in [4.78, 5) is 15.8. The average molecular weight is 397 g/mol. The molecule has 3 rings (SSSR count). The van der Waals surface area contributed by atoms with Crippen molar-refractivity contribution in [3.8, 4) is 0 Å². The van der Waals surface area contributed by atoms with E-state index in [2.05, 4.69) is 20.9 Å². The Kier molecular flexibility index (Phi) is 4.75. The first kappa shape index (κ1) is 16.4. The summed E-state index contributed by atoms with van der Waals surface area (Å²) in [6, 6.07) is 9.83. The molecule has 0 unspecified atom stereocenters. The highest BCUT2D eigenvalue weighted by atomic mass is 79.9. The molecule has 124 valence electrons. The fourth-order valence-electron chi connectivity index (χ4n) is 2.17. The molecule has 2 aromatic heterocycles. The molecule has 0 bridgehead atoms. The first-order valence-corrected chi connectivity index (χ1v) is 7.68. The number of carbonyl (C=O) groups is 1. The number of esters is 1. The summed E-state index contributed by atoms with van der Waals surface area (Å²) in [6.07, 6.45) is 2.57. The Balaban J connectivity index is 1.72. The fourth-order valence-corrected chi connectivity index (χ4v) is 2.48. The van der Waals surface area contributed by atoms with Gasteiger partial charge in [-0.3, -0.25) is 4.57 Å². The number of hydrogen-bond donors (Lipinski definition) is 0. The van der Waals surface area contributed by atoms with Crippen LogP contribution >= 0.6 is 15.9 Å². The van der Waals surface area contributed by atoms with Crippen LogP contribution in [0.5, 0.6) is 0 Å². The molecule has 2 heterocycles. The number of hydrogen-bond acceptors (Lipinski definition) is 4. The molecule has 3 aromatic rings. The summed E-state index contributed by atoms with van der Waals surface area (Å²) in [6.45, 7) is -3.13. The normalized spacial score (nSPS) is 11.7. The molecule has 8 heteroatoms. The first-order valence-electron chi connectivity index (χ1n) is 6.89. The van der Waals surface area contributed by atoms with Crippen LogP contribution in [-0.4, -0.2) is 15.5 Å². The van der Waals surface area contributed by atoms with Crippen molar-refractivity contribution in [2.75, 3.05) is 0 Å². The predicted octanol–water partition coefficient (Wildman–Crippen LogP) is 4.54. The van der Waals surface area contributed by atoms with Crippen LogP contribution in [-0.2, 0) is 16.1 Å². The molecule has 1 aromatic carbocycles. The Hall–Kier alpha value is -2.48. The molecule has 0 radical (unpaired) electrons. The van der Waals surface area contributed by atoms with E-state index in [1.165, 1.54) is 12.1 Å².